The van der Waals surface area contributed by atoms with Crippen LogP contribution < -0.4 is 50.4 Å². The fourth-order valence-electron chi connectivity index (χ4n) is 9.88. The number of nitrogens with two attached hydrogens (primary N) is 6. The molecule has 22 N–H and O–H groups in total. The molecule has 3 amide bonds. The number of benzene rings is 1. The average molecular weight is 1140 g/mol. The van der Waals surface area contributed by atoms with Crippen LogP contribution in [0.4, 0.5) is 25.8 Å². The number of amides is 3. The van der Waals surface area contributed by atoms with E-state index in [0.717, 1.165) is 12.8 Å². The van der Waals surface area contributed by atoms with E-state index in [4.69, 9.17) is 48.6 Å². The minimum absolute atomic E-state index is 0.0744. The van der Waals surface area contributed by atoms with Crippen molar-refractivity contribution in [1.29, 1.82) is 0 Å². The molecule has 15 atom stereocenters. The molecule has 0 saturated carbocycles. The molecule has 3 aliphatic rings. The lowest BCUT2D eigenvalue weighted by Crippen LogP contribution is -2.53. The zero-order valence-electron chi connectivity index (χ0n) is 44.4. The molecule has 0 spiro atoms. The van der Waals surface area contributed by atoms with Gasteiger partial charge in [-0.2, -0.15) is 0 Å². The third kappa shape index (κ3) is 13.0. The van der Waals surface area contributed by atoms with Crippen molar-refractivity contribution in [2.24, 2.45) is 17.2 Å². The largest absolute Gasteiger partial charge is 0.506 e. The van der Waals surface area contributed by atoms with Crippen LogP contribution in [0.15, 0.2) is 55.5 Å². The molecule has 0 bridgehead atoms. The van der Waals surface area contributed by atoms with Gasteiger partial charge in [0.15, 0.2) is 24.3 Å². The van der Waals surface area contributed by atoms with Crippen molar-refractivity contribution < 1.29 is 73.1 Å². The van der Waals surface area contributed by atoms with Crippen molar-refractivity contribution in [2.75, 3.05) is 43.7 Å². The molecule has 29 nitrogen and oxygen atoms in total. The molecule has 444 valence electrons. The van der Waals surface area contributed by atoms with Gasteiger partial charge in [0.05, 0.1) is 98.4 Å². The number of alkyl halides is 1. The second kappa shape index (κ2) is 27.2. The Morgan fingerprint density at radius 2 is 1.05 bits per heavy atom. The second-order valence-electron chi connectivity index (χ2n) is 19.8. The van der Waals surface area contributed by atoms with Crippen molar-refractivity contribution >= 4 is 68.0 Å². The number of rotatable bonds is 19. The number of aliphatic hydroxyl groups is 6. The highest BCUT2D eigenvalue weighted by atomic mass is 19.1. The maximum absolute atomic E-state index is 14.3. The minimum atomic E-state index is -1.25. The van der Waals surface area contributed by atoms with Crippen LogP contribution >= 0.6 is 0 Å². The predicted molar refractivity (Wildman–Crippen MR) is 288 cm³/mol. The van der Waals surface area contributed by atoms with Gasteiger partial charge >= 0.3 is 0 Å². The fourth-order valence-corrected chi connectivity index (χ4v) is 9.88. The summed E-state index contributed by atoms with van der Waals surface area (Å²) in [5.41, 5.74) is 37.5. The van der Waals surface area contributed by atoms with Gasteiger partial charge in [0.1, 0.15) is 70.4 Å². The smallest absolute Gasteiger partial charge is 0.237 e. The van der Waals surface area contributed by atoms with Crippen molar-refractivity contribution in [1.82, 2.24) is 49.6 Å². The average Bonchev–Trinajstić information content (AvgIpc) is 4.34. The van der Waals surface area contributed by atoms with Crippen LogP contribution in [-0.4, -0.2) is 186 Å². The van der Waals surface area contributed by atoms with E-state index in [9.17, 15) is 58.9 Å². The number of aliphatic hydroxyl groups excluding tert-OH is 6. The van der Waals surface area contributed by atoms with E-state index in [1.807, 2.05) is 13.8 Å². The molecule has 6 unspecified atom stereocenters. The second-order valence-corrected chi connectivity index (χ2v) is 19.8. The third-order valence-electron chi connectivity index (χ3n) is 14.2. The molecule has 81 heavy (non-hydrogen) atoms. The molecule has 9 rings (SSSR count). The molecular weight excluding hydrogens is 1070 g/mol. The molecule has 8 heterocycles. The van der Waals surface area contributed by atoms with Gasteiger partial charge in [0, 0.05) is 18.1 Å². The highest BCUT2D eigenvalue weighted by Crippen LogP contribution is 2.39. The summed E-state index contributed by atoms with van der Waals surface area (Å²) < 4.78 is 48.0. The van der Waals surface area contributed by atoms with Gasteiger partial charge in [-0.05, 0) is 49.9 Å². The maximum Gasteiger partial charge on any atom is 0.237 e. The number of nitrogens with zero attached hydrogens (tertiary/aromatic N) is 7. The van der Waals surface area contributed by atoms with Gasteiger partial charge in [0.2, 0.25) is 17.7 Å². The first-order valence-electron chi connectivity index (χ1n) is 26.2. The van der Waals surface area contributed by atoms with E-state index in [-0.39, 0.29) is 35.3 Å². The SMILES string of the molecule is CCCC(N)C(=O)NC1[C@@H](CO)O[C@@H](n2cc(O)c3c(N)ccnc32)[C@H]1O.CCCC(N)C(=O)NC1[C@@H](CO)O[C@@H](n2cnc3c(N)ccc(F)c32)[C@H]1O.Nc1ccnc2c1ncn2[C@@H]1O[C@H](CO)C(NC(=O)C(N)CCCF)[C@@H]1O. The number of ether oxygens (including phenoxy) is 3. The number of carbonyl (C=O) groups is 3. The Morgan fingerprint density at radius 1 is 0.617 bits per heavy atom. The molecule has 31 heteroatoms. The number of aromatic nitrogens is 7. The van der Waals surface area contributed by atoms with E-state index >= 15 is 0 Å². The molecule has 3 fully saturated rings. The number of fused-ring (bicyclic) bond motifs is 3. The van der Waals surface area contributed by atoms with Gasteiger partial charge in [-0.25, -0.2) is 24.3 Å². The summed E-state index contributed by atoms with van der Waals surface area (Å²) in [6.45, 7) is 1.95. The summed E-state index contributed by atoms with van der Waals surface area (Å²) in [5.74, 6) is -2.11. The van der Waals surface area contributed by atoms with Crippen LogP contribution in [0.2, 0.25) is 0 Å². The van der Waals surface area contributed by atoms with E-state index in [1.54, 1.807) is 12.1 Å². The maximum atomic E-state index is 14.3. The lowest BCUT2D eigenvalue weighted by Gasteiger charge is -2.22. The Morgan fingerprint density at radius 3 is 1.54 bits per heavy atom. The van der Waals surface area contributed by atoms with Crippen LogP contribution in [-0.2, 0) is 28.6 Å². The zero-order valence-corrected chi connectivity index (χ0v) is 44.4. The monoisotopic (exact) mass is 1140 g/mol. The van der Waals surface area contributed by atoms with Crippen LogP contribution in [0.25, 0.3) is 33.2 Å². The summed E-state index contributed by atoms with van der Waals surface area (Å²) >= 11 is 0. The van der Waals surface area contributed by atoms with Gasteiger partial charge in [-0.1, -0.05) is 26.7 Å². The molecule has 1 aromatic carbocycles. The lowest BCUT2D eigenvalue weighted by molar-refractivity contribution is -0.125. The van der Waals surface area contributed by atoms with E-state index in [0.29, 0.717) is 46.4 Å². The van der Waals surface area contributed by atoms with Crippen molar-refractivity contribution in [3.8, 4) is 5.75 Å². The quantitative estimate of drug-likeness (QED) is 0.0377. The zero-order chi connectivity index (χ0) is 59.0. The van der Waals surface area contributed by atoms with Crippen LogP contribution in [0.5, 0.6) is 5.75 Å². The minimum Gasteiger partial charge on any atom is -0.506 e. The predicted octanol–water partition coefficient (Wildman–Crippen LogP) is -2.37. The first kappa shape index (κ1) is 61.6. The van der Waals surface area contributed by atoms with Crippen molar-refractivity contribution in [3.05, 3.63) is 61.3 Å². The Balaban J connectivity index is 0.000000175. The van der Waals surface area contributed by atoms with Crippen molar-refractivity contribution in [3.63, 3.8) is 0 Å². The summed E-state index contributed by atoms with van der Waals surface area (Å²) in [7, 11) is 0. The molecule has 5 aromatic heterocycles. The van der Waals surface area contributed by atoms with Crippen LogP contribution in [0.1, 0.15) is 71.1 Å². The fraction of sp³-hybridized carbons (Fsp3) is 0.540. The van der Waals surface area contributed by atoms with E-state index < -0.39 is 142 Å². The van der Waals surface area contributed by atoms with Gasteiger partial charge in [-0.3, -0.25) is 32.5 Å². The number of anilines is 3. The summed E-state index contributed by atoms with van der Waals surface area (Å²) in [4.78, 5) is 53.3. The highest BCUT2D eigenvalue weighted by Gasteiger charge is 2.49. The van der Waals surface area contributed by atoms with Gasteiger partial charge in [0.25, 0.3) is 0 Å². The Labute approximate surface area is 461 Å². The summed E-state index contributed by atoms with van der Waals surface area (Å²) in [6, 6.07) is 0.721. The first-order valence-corrected chi connectivity index (χ1v) is 26.2. The Hall–Kier alpha value is -7.01. The number of hydrogen-bond donors (Lipinski definition) is 16. The topological polar surface area (TPSA) is 479 Å². The highest BCUT2D eigenvalue weighted by molar-refractivity contribution is 5.94. The van der Waals surface area contributed by atoms with Crippen LogP contribution in [0.3, 0.4) is 0 Å². The van der Waals surface area contributed by atoms with Gasteiger partial charge in [-0.15, -0.1) is 0 Å². The van der Waals surface area contributed by atoms with Crippen LogP contribution in [0, 0.1) is 5.82 Å². The van der Waals surface area contributed by atoms with E-state index in [1.165, 1.54) is 57.1 Å². The number of nitrogen functional groups attached to an aromatic ring is 3. The normalized spacial score (nSPS) is 26.4. The molecular formula is C50H72F2N16O13. The standard InChI is InChI=1S/C17H24FN5O4.C17H25N5O5.C16H23FN6O4/c1-2-3-10(20)16(26)22-13-11(6-24)27-17(15(13)25)23-7-21-12-9(19)5-4-8(18)14(12)23;1-2-3-9(19)16(26)21-13-11(7-23)27-17(14(13)25)22-6-10(24)12-8(18)4-5-20-15(12)22;17-4-1-2-9(19)15(26)22-12-10(6-24)27-16(13(12)25)23-7-21-11-8(18)3-5-20-14(11)23/h4-5,7,10-11,13,15,17,24-25H,2-3,6,19-20H2,1H3,(H,22,26);4-6,9,11,13-14,17,23-25H,2-3,7,19H2,1H3,(H2,18,20)(H,21,26);3,5,7,9-10,12-13,16,24-25H,1-2,4,6,19H2,(H2,18,20)(H,22,26)/t10?,11-,13?,15+,17-;9?,11-,13?,14+,17-;9?,10-,12?,13+,16-/m111/s1. The lowest BCUT2D eigenvalue weighted by atomic mass is 10.1. The number of imidazole rings is 2. The Bertz CT molecular complexity index is 3050. The van der Waals surface area contributed by atoms with Crippen molar-refractivity contribution in [2.45, 2.75) is 144 Å². The number of aromatic hydroxyl groups is 1. The first-order chi connectivity index (χ1) is 38.7. The number of nitrogens with one attached hydrogen (secondary N) is 3. The summed E-state index contributed by atoms with van der Waals surface area (Å²) in [5, 5.41) is 79.4. The van der Waals surface area contributed by atoms with Gasteiger partial charge < -0.3 is 100 Å². The molecule has 0 radical (unpaired) electrons. The number of halogens is 2. The van der Waals surface area contributed by atoms with E-state index in [2.05, 4.69) is 35.9 Å². The molecule has 3 saturated heterocycles. The summed E-state index contributed by atoms with van der Waals surface area (Å²) in [6.07, 6.45) is 0.650. The molecule has 3 aliphatic heterocycles. The number of hydrogen-bond acceptors (Lipinski definition) is 23. The number of carbonyl (C=O) groups excluding carboxylic acids is 3. The molecule has 6 aromatic rings. The third-order valence-corrected chi connectivity index (χ3v) is 14.2. The molecule has 0 aliphatic carbocycles. The number of pyridine rings is 2. The Kier molecular flexibility index (Phi) is 20.7.